The molecule has 27 heavy (non-hydrogen) atoms. The highest BCUT2D eigenvalue weighted by Crippen LogP contribution is 2.25. The van der Waals surface area contributed by atoms with Crippen LogP contribution in [0.1, 0.15) is 11.3 Å². The van der Waals surface area contributed by atoms with Crippen molar-refractivity contribution in [2.24, 2.45) is 0 Å². The number of imidazole rings is 1. The zero-order valence-corrected chi connectivity index (χ0v) is 15.4. The summed E-state index contributed by atoms with van der Waals surface area (Å²) in [5, 5.41) is 7.98. The van der Waals surface area contributed by atoms with Crippen LogP contribution in [0.25, 0.3) is 16.9 Å². The number of hydrogen-bond acceptors (Lipinski definition) is 4. The zero-order chi connectivity index (χ0) is 18.8. The molecule has 0 aliphatic carbocycles. The summed E-state index contributed by atoms with van der Waals surface area (Å²) in [6.45, 7) is 2.76. The Bertz CT molecular complexity index is 1110. The third kappa shape index (κ3) is 3.75. The van der Waals surface area contributed by atoms with Crippen molar-refractivity contribution in [2.75, 3.05) is 11.9 Å². The smallest absolute Gasteiger partial charge is 0.154 e. The van der Waals surface area contributed by atoms with E-state index in [-0.39, 0.29) is 5.02 Å². The molecule has 0 saturated carbocycles. The molecule has 3 aromatic heterocycles. The average molecular weight is 382 g/mol. The second kappa shape index (κ2) is 7.32. The summed E-state index contributed by atoms with van der Waals surface area (Å²) < 4.78 is 15.2. The summed E-state index contributed by atoms with van der Waals surface area (Å²) in [4.78, 5) is 8.71. The van der Waals surface area contributed by atoms with Crippen LogP contribution in [0.5, 0.6) is 0 Å². The van der Waals surface area contributed by atoms with Crippen LogP contribution in [0.4, 0.5) is 10.2 Å². The SMILES string of the molecule is Cc1ccnc(CCNc2ccc3ncc(-c4ccc(F)c(Cl)c4)n3n2)c1. The van der Waals surface area contributed by atoms with Crippen LogP contribution >= 0.6 is 11.6 Å². The van der Waals surface area contributed by atoms with Crippen LogP contribution in [0.15, 0.2) is 54.9 Å². The van der Waals surface area contributed by atoms with Gasteiger partial charge in [0.25, 0.3) is 0 Å². The fourth-order valence-electron chi connectivity index (χ4n) is 2.87. The predicted molar refractivity (Wildman–Crippen MR) is 105 cm³/mol. The molecule has 0 bridgehead atoms. The minimum absolute atomic E-state index is 0.0717. The second-order valence-corrected chi connectivity index (χ2v) is 6.67. The first-order valence-electron chi connectivity index (χ1n) is 8.56. The highest BCUT2D eigenvalue weighted by Gasteiger charge is 2.10. The van der Waals surface area contributed by atoms with Gasteiger partial charge in [0.2, 0.25) is 0 Å². The Labute approximate surface area is 160 Å². The van der Waals surface area contributed by atoms with Crippen molar-refractivity contribution in [3.8, 4) is 11.3 Å². The quantitative estimate of drug-likeness (QED) is 0.551. The number of anilines is 1. The number of rotatable bonds is 5. The lowest BCUT2D eigenvalue weighted by atomic mass is 10.2. The fraction of sp³-hybridized carbons (Fsp3) is 0.150. The number of fused-ring (bicyclic) bond motifs is 1. The van der Waals surface area contributed by atoms with Crippen molar-refractivity contribution in [2.45, 2.75) is 13.3 Å². The molecule has 0 unspecified atom stereocenters. The molecule has 5 nitrogen and oxygen atoms in total. The van der Waals surface area contributed by atoms with Crippen LogP contribution < -0.4 is 5.32 Å². The summed E-state index contributed by atoms with van der Waals surface area (Å²) in [5.41, 5.74) is 4.43. The molecule has 0 fully saturated rings. The van der Waals surface area contributed by atoms with Gasteiger partial charge in [-0.25, -0.2) is 13.9 Å². The topological polar surface area (TPSA) is 55.1 Å². The van der Waals surface area contributed by atoms with Gasteiger partial charge in [0.15, 0.2) is 5.65 Å². The van der Waals surface area contributed by atoms with E-state index < -0.39 is 5.82 Å². The predicted octanol–water partition coefficient (Wildman–Crippen LogP) is 4.55. The van der Waals surface area contributed by atoms with Gasteiger partial charge in [-0.3, -0.25) is 4.98 Å². The van der Waals surface area contributed by atoms with Gasteiger partial charge in [0.1, 0.15) is 11.6 Å². The lowest BCUT2D eigenvalue weighted by Gasteiger charge is -2.08. The van der Waals surface area contributed by atoms with Gasteiger partial charge in [-0.15, -0.1) is 5.10 Å². The van der Waals surface area contributed by atoms with Crippen LogP contribution in [0.3, 0.4) is 0 Å². The van der Waals surface area contributed by atoms with Crippen LogP contribution in [-0.4, -0.2) is 26.1 Å². The third-order valence-corrected chi connectivity index (χ3v) is 4.53. The largest absolute Gasteiger partial charge is 0.368 e. The van der Waals surface area contributed by atoms with E-state index in [0.29, 0.717) is 12.2 Å². The minimum Gasteiger partial charge on any atom is -0.368 e. The van der Waals surface area contributed by atoms with Gasteiger partial charge in [-0.1, -0.05) is 11.6 Å². The molecule has 0 saturated heterocycles. The first-order chi connectivity index (χ1) is 13.1. The number of hydrogen-bond donors (Lipinski definition) is 1. The summed E-state index contributed by atoms with van der Waals surface area (Å²) >= 11 is 5.91. The molecular formula is C20H17ClFN5. The molecule has 1 aromatic carbocycles. The van der Waals surface area contributed by atoms with Gasteiger partial charge in [-0.05, 0) is 55.0 Å². The molecule has 1 N–H and O–H groups in total. The lowest BCUT2D eigenvalue weighted by molar-refractivity contribution is 0.628. The van der Waals surface area contributed by atoms with E-state index in [1.54, 1.807) is 22.8 Å². The molecule has 0 spiro atoms. The molecule has 0 atom stereocenters. The van der Waals surface area contributed by atoms with E-state index in [1.807, 2.05) is 24.4 Å². The number of nitrogens with one attached hydrogen (secondary N) is 1. The Kier molecular flexibility index (Phi) is 4.73. The number of benzene rings is 1. The number of pyridine rings is 1. The van der Waals surface area contributed by atoms with Gasteiger partial charge in [-0.2, -0.15) is 0 Å². The molecule has 7 heteroatoms. The number of aryl methyl sites for hydroxylation is 1. The van der Waals surface area contributed by atoms with E-state index in [9.17, 15) is 4.39 Å². The van der Waals surface area contributed by atoms with Gasteiger partial charge in [0.05, 0.1) is 16.9 Å². The van der Waals surface area contributed by atoms with Crippen molar-refractivity contribution in [1.82, 2.24) is 19.6 Å². The van der Waals surface area contributed by atoms with Crippen LogP contribution in [0, 0.1) is 12.7 Å². The monoisotopic (exact) mass is 381 g/mol. The number of halogens is 2. The van der Waals surface area contributed by atoms with E-state index in [4.69, 9.17) is 11.6 Å². The summed E-state index contributed by atoms with van der Waals surface area (Å²) in [5.74, 6) is 0.275. The normalized spacial score (nSPS) is 11.1. The maximum Gasteiger partial charge on any atom is 0.154 e. The Morgan fingerprint density at radius 1 is 1.11 bits per heavy atom. The summed E-state index contributed by atoms with van der Waals surface area (Å²) in [7, 11) is 0. The highest BCUT2D eigenvalue weighted by atomic mass is 35.5. The van der Waals surface area contributed by atoms with Gasteiger partial charge >= 0.3 is 0 Å². The van der Waals surface area contributed by atoms with E-state index in [2.05, 4.69) is 33.4 Å². The standard InChI is InChI=1S/C20H17ClFN5/c1-13-6-8-23-15(10-13)7-9-24-19-4-5-20-25-12-18(27(20)26-19)14-2-3-17(22)16(21)11-14/h2-6,8,10-12H,7,9H2,1H3,(H,24,26). The van der Waals surface area contributed by atoms with Crippen molar-refractivity contribution in [1.29, 1.82) is 0 Å². The number of aromatic nitrogens is 4. The van der Waals surface area contributed by atoms with Gasteiger partial charge in [0, 0.05) is 30.4 Å². The van der Waals surface area contributed by atoms with Crippen LogP contribution in [0.2, 0.25) is 5.02 Å². The first-order valence-corrected chi connectivity index (χ1v) is 8.93. The maximum atomic E-state index is 13.4. The van der Waals surface area contributed by atoms with Crippen molar-refractivity contribution >= 4 is 23.1 Å². The van der Waals surface area contributed by atoms with Crippen molar-refractivity contribution < 1.29 is 4.39 Å². The van der Waals surface area contributed by atoms with Crippen LogP contribution in [-0.2, 0) is 6.42 Å². The Morgan fingerprint density at radius 3 is 2.81 bits per heavy atom. The zero-order valence-electron chi connectivity index (χ0n) is 14.7. The fourth-order valence-corrected chi connectivity index (χ4v) is 3.05. The van der Waals surface area contributed by atoms with E-state index >= 15 is 0 Å². The van der Waals surface area contributed by atoms with E-state index in [1.165, 1.54) is 11.6 Å². The highest BCUT2D eigenvalue weighted by molar-refractivity contribution is 6.31. The van der Waals surface area contributed by atoms with E-state index in [0.717, 1.165) is 29.2 Å². The minimum atomic E-state index is -0.450. The lowest BCUT2D eigenvalue weighted by Crippen LogP contribution is -2.09. The molecule has 3 heterocycles. The maximum absolute atomic E-state index is 13.4. The number of nitrogens with zero attached hydrogens (tertiary/aromatic N) is 4. The van der Waals surface area contributed by atoms with Crippen molar-refractivity contribution in [3.05, 3.63) is 77.0 Å². The van der Waals surface area contributed by atoms with Crippen molar-refractivity contribution in [3.63, 3.8) is 0 Å². The average Bonchev–Trinajstić information content (AvgIpc) is 3.07. The first kappa shape index (κ1) is 17.4. The summed E-state index contributed by atoms with van der Waals surface area (Å²) in [6, 6.07) is 12.4. The second-order valence-electron chi connectivity index (χ2n) is 6.26. The Hall–Kier alpha value is -2.99. The molecule has 4 aromatic rings. The van der Waals surface area contributed by atoms with Gasteiger partial charge < -0.3 is 5.32 Å². The Morgan fingerprint density at radius 2 is 2.00 bits per heavy atom. The molecule has 4 rings (SSSR count). The Balaban J connectivity index is 1.55. The molecule has 0 radical (unpaired) electrons. The molecule has 0 amide bonds. The molecule has 0 aliphatic rings. The molecule has 136 valence electrons. The molecule has 0 aliphatic heterocycles. The summed E-state index contributed by atoms with van der Waals surface area (Å²) in [6.07, 6.45) is 4.32. The third-order valence-electron chi connectivity index (χ3n) is 4.24. The molecular weight excluding hydrogens is 365 g/mol.